The normalized spacial score (nSPS) is 20.1. The van der Waals surface area contributed by atoms with Gasteiger partial charge in [0.05, 0.1) is 23.7 Å². The molecular formula is C24H21N5. The first-order valence-corrected chi connectivity index (χ1v) is 9.87. The van der Waals surface area contributed by atoms with Crippen LogP contribution in [0.15, 0.2) is 77.9 Å². The van der Waals surface area contributed by atoms with E-state index < -0.39 is 0 Å². The van der Waals surface area contributed by atoms with E-state index in [2.05, 4.69) is 52.0 Å². The molecule has 0 spiro atoms. The molecule has 1 aliphatic carbocycles. The molecule has 2 aliphatic rings. The third kappa shape index (κ3) is 3.23. The van der Waals surface area contributed by atoms with Crippen molar-refractivity contribution in [3.8, 4) is 17.2 Å². The molecule has 5 heteroatoms. The number of nitrogens with zero attached hydrogens (tertiary/aromatic N) is 3. The van der Waals surface area contributed by atoms with Gasteiger partial charge in [0.1, 0.15) is 12.0 Å². The molecule has 0 amide bonds. The summed E-state index contributed by atoms with van der Waals surface area (Å²) in [4.78, 5) is 9.29. The number of fused-ring (bicyclic) bond motifs is 1. The molecule has 0 radical (unpaired) electrons. The zero-order chi connectivity index (χ0) is 19.7. The van der Waals surface area contributed by atoms with E-state index in [0.29, 0.717) is 6.54 Å². The zero-order valence-electron chi connectivity index (χ0n) is 16.0. The Balaban J connectivity index is 1.60. The molecule has 2 N–H and O–H groups in total. The Morgan fingerprint density at radius 3 is 2.55 bits per heavy atom. The summed E-state index contributed by atoms with van der Waals surface area (Å²) < 4.78 is 0. The van der Waals surface area contributed by atoms with Crippen LogP contribution in [0.2, 0.25) is 0 Å². The van der Waals surface area contributed by atoms with Crippen molar-refractivity contribution < 1.29 is 0 Å². The van der Waals surface area contributed by atoms with Crippen molar-refractivity contribution in [1.29, 1.82) is 5.26 Å². The Hall–Kier alpha value is -3.65. The molecular weight excluding hydrogens is 358 g/mol. The van der Waals surface area contributed by atoms with E-state index in [9.17, 15) is 5.26 Å². The quantitative estimate of drug-likeness (QED) is 0.707. The van der Waals surface area contributed by atoms with Crippen molar-refractivity contribution in [2.45, 2.75) is 25.6 Å². The molecule has 0 saturated heterocycles. The topological polar surface area (TPSA) is 73.1 Å². The number of benzene rings is 2. The van der Waals surface area contributed by atoms with E-state index in [1.165, 1.54) is 0 Å². The minimum absolute atomic E-state index is 0.145. The summed E-state index contributed by atoms with van der Waals surface area (Å²) >= 11 is 0. The number of aromatic nitrogens is 1. The van der Waals surface area contributed by atoms with Crippen LogP contribution in [0.5, 0.6) is 0 Å². The monoisotopic (exact) mass is 379 g/mol. The van der Waals surface area contributed by atoms with Crippen molar-refractivity contribution in [2.24, 2.45) is 10.4 Å². The van der Waals surface area contributed by atoms with Gasteiger partial charge in [-0.1, -0.05) is 48.5 Å². The molecule has 1 fully saturated rings. The summed E-state index contributed by atoms with van der Waals surface area (Å²) in [5, 5.41) is 16.8. The van der Waals surface area contributed by atoms with Gasteiger partial charge in [-0.15, -0.1) is 0 Å². The van der Waals surface area contributed by atoms with Crippen LogP contribution in [0.3, 0.4) is 0 Å². The summed E-state index contributed by atoms with van der Waals surface area (Å²) in [5.74, 6) is 0.815. The lowest BCUT2D eigenvalue weighted by molar-refractivity contribution is 0.496. The van der Waals surface area contributed by atoms with Gasteiger partial charge in [-0.3, -0.25) is 9.98 Å². The van der Waals surface area contributed by atoms with E-state index in [-0.39, 0.29) is 11.6 Å². The molecule has 29 heavy (non-hydrogen) atoms. The van der Waals surface area contributed by atoms with E-state index in [1.807, 2.05) is 36.4 Å². The smallest absolute Gasteiger partial charge is 0.133 e. The highest BCUT2D eigenvalue weighted by molar-refractivity contribution is 6.10. The van der Waals surface area contributed by atoms with Crippen molar-refractivity contribution in [1.82, 2.24) is 10.3 Å². The Morgan fingerprint density at radius 1 is 1.00 bits per heavy atom. The molecule has 142 valence electrons. The summed E-state index contributed by atoms with van der Waals surface area (Å²) in [7, 11) is 0. The number of hydrogen-bond donors (Lipinski definition) is 2. The first-order chi connectivity index (χ1) is 14.3. The highest BCUT2D eigenvalue weighted by Crippen LogP contribution is 2.49. The number of nitriles is 1. The van der Waals surface area contributed by atoms with Crippen molar-refractivity contribution in [2.75, 3.05) is 5.32 Å². The number of anilines is 1. The summed E-state index contributed by atoms with van der Waals surface area (Å²) in [5.41, 5.74) is 4.85. The molecule has 3 aromatic rings. The maximum Gasteiger partial charge on any atom is 0.133 e. The second kappa shape index (κ2) is 7.06. The van der Waals surface area contributed by atoms with Crippen LogP contribution >= 0.6 is 0 Å². The van der Waals surface area contributed by atoms with Crippen LogP contribution < -0.4 is 10.6 Å². The molecule has 2 heterocycles. The first-order valence-electron chi connectivity index (χ1n) is 9.87. The lowest BCUT2D eigenvalue weighted by Gasteiger charge is -2.34. The fraction of sp³-hybridized carbons (Fsp3) is 0.208. The largest absolute Gasteiger partial charge is 0.363 e. The third-order valence-electron chi connectivity index (χ3n) is 5.66. The second-order valence-corrected chi connectivity index (χ2v) is 7.57. The number of hydrogen-bond acceptors (Lipinski definition) is 4. The van der Waals surface area contributed by atoms with Crippen LogP contribution in [0.25, 0.3) is 11.1 Å². The van der Waals surface area contributed by atoms with Crippen molar-refractivity contribution in [3.63, 3.8) is 0 Å². The fourth-order valence-electron chi connectivity index (χ4n) is 3.84. The SMILES string of the molecule is N#CC1(C2NC(=NCc3ccccn3)c3c(cccc3-c3ccccc3)N2)CC1. The highest BCUT2D eigenvalue weighted by Gasteiger charge is 2.52. The molecule has 5 nitrogen and oxygen atoms in total. The maximum atomic E-state index is 9.70. The Bertz CT molecular complexity index is 1100. The molecule has 1 saturated carbocycles. The van der Waals surface area contributed by atoms with Gasteiger partial charge < -0.3 is 10.6 Å². The average molecular weight is 379 g/mol. The van der Waals surface area contributed by atoms with Gasteiger partial charge in [-0.2, -0.15) is 5.26 Å². The molecule has 5 rings (SSSR count). The predicted molar refractivity (Wildman–Crippen MR) is 114 cm³/mol. The summed E-state index contributed by atoms with van der Waals surface area (Å²) in [6.07, 6.45) is 3.44. The van der Waals surface area contributed by atoms with Crippen LogP contribution in [0.1, 0.15) is 24.1 Å². The van der Waals surface area contributed by atoms with Gasteiger partial charge in [0.15, 0.2) is 0 Å². The fourth-order valence-corrected chi connectivity index (χ4v) is 3.84. The molecule has 1 atom stereocenters. The first kappa shape index (κ1) is 17.4. The van der Waals surface area contributed by atoms with Gasteiger partial charge in [0, 0.05) is 17.4 Å². The Morgan fingerprint density at radius 2 is 1.83 bits per heavy atom. The maximum absolute atomic E-state index is 9.70. The zero-order valence-corrected chi connectivity index (χ0v) is 16.0. The molecule has 1 aliphatic heterocycles. The predicted octanol–water partition coefficient (Wildman–Crippen LogP) is 4.34. The van der Waals surface area contributed by atoms with E-state index in [4.69, 9.17) is 4.99 Å². The van der Waals surface area contributed by atoms with Crippen LogP contribution in [-0.4, -0.2) is 17.0 Å². The van der Waals surface area contributed by atoms with Gasteiger partial charge in [0.25, 0.3) is 0 Å². The van der Waals surface area contributed by atoms with Gasteiger partial charge in [-0.25, -0.2) is 0 Å². The lowest BCUT2D eigenvalue weighted by atomic mass is 9.93. The van der Waals surface area contributed by atoms with Gasteiger partial charge in [-0.05, 0) is 42.2 Å². The molecule has 1 unspecified atom stereocenters. The van der Waals surface area contributed by atoms with Crippen LogP contribution in [0, 0.1) is 16.7 Å². The minimum atomic E-state index is -0.369. The third-order valence-corrected chi connectivity index (χ3v) is 5.66. The van der Waals surface area contributed by atoms with Crippen LogP contribution in [-0.2, 0) is 6.54 Å². The minimum Gasteiger partial charge on any atom is -0.363 e. The van der Waals surface area contributed by atoms with Gasteiger partial charge >= 0.3 is 0 Å². The van der Waals surface area contributed by atoms with Crippen LogP contribution in [0.4, 0.5) is 5.69 Å². The van der Waals surface area contributed by atoms with E-state index in [1.54, 1.807) is 6.20 Å². The number of rotatable bonds is 4. The molecule has 2 aromatic carbocycles. The van der Waals surface area contributed by atoms with Crippen molar-refractivity contribution >= 4 is 11.5 Å². The number of aliphatic imine (C=N–C) groups is 1. The average Bonchev–Trinajstić information content (AvgIpc) is 3.59. The second-order valence-electron chi connectivity index (χ2n) is 7.57. The number of nitrogens with one attached hydrogen (secondary N) is 2. The number of pyridine rings is 1. The summed E-state index contributed by atoms with van der Waals surface area (Å²) in [6.45, 7) is 0.484. The lowest BCUT2D eigenvalue weighted by Crippen LogP contribution is -2.50. The summed E-state index contributed by atoms with van der Waals surface area (Å²) in [6, 6.07) is 24.9. The molecule has 1 aromatic heterocycles. The van der Waals surface area contributed by atoms with E-state index >= 15 is 0 Å². The Kier molecular flexibility index (Phi) is 4.25. The standard InChI is InChI=1S/C24H21N5/c25-16-24(12-13-24)23-28-20-11-6-10-19(17-7-2-1-3-8-17)21(20)22(29-23)27-15-18-9-4-5-14-26-18/h1-11,14,23,28H,12-13,15H2,(H,27,29). The van der Waals surface area contributed by atoms with Gasteiger partial charge in [0.2, 0.25) is 0 Å². The molecule has 0 bridgehead atoms. The highest BCUT2D eigenvalue weighted by atomic mass is 15.2. The van der Waals surface area contributed by atoms with E-state index in [0.717, 1.165) is 46.7 Å². The Labute approximate surface area is 170 Å². The number of amidine groups is 1. The van der Waals surface area contributed by atoms with Crippen molar-refractivity contribution in [3.05, 3.63) is 84.2 Å².